The monoisotopic (exact) mass is 351 g/mol. The van der Waals surface area contributed by atoms with E-state index in [-0.39, 0.29) is 12.2 Å². The van der Waals surface area contributed by atoms with Crippen LogP contribution in [-0.4, -0.2) is 63.0 Å². The van der Waals surface area contributed by atoms with E-state index in [1.807, 2.05) is 18.4 Å². The Morgan fingerprint density at radius 2 is 2.29 bits per heavy atom. The number of hydrogen-bond donors (Lipinski definition) is 1. The molecule has 0 saturated carbocycles. The Morgan fingerprint density at radius 3 is 3.00 bits per heavy atom. The Kier molecular flexibility index (Phi) is 6.51. The van der Waals surface area contributed by atoms with E-state index in [4.69, 9.17) is 9.47 Å². The Labute approximate surface area is 149 Å². The van der Waals surface area contributed by atoms with Gasteiger partial charge in [0, 0.05) is 38.2 Å². The van der Waals surface area contributed by atoms with E-state index in [9.17, 15) is 0 Å². The lowest BCUT2D eigenvalue weighted by Crippen LogP contribution is -2.53. The minimum Gasteiger partial charge on any atom is -0.375 e. The summed E-state index contributed by atoms with van der Waals surface area (Å²) < 4.78 is 11.7. The molecule has 5 nitrogen and oxygen atoms in total. The van der Waals surface area contributed by atoms with Gasteiger partial charge in [-0.15, -0.1) is 11.3 Å². The van der Waals surface area contributed by atoms with Crippen LogP contribution in [0.1, 0.15) is 24.6 Å². The fraction of sp³-hybridized carbons (Fsp3) is 0.722. The highest BCUT2D eigenvalue weighted by Crippen LogP contribution is 2.21. The minimum atomic E-state index is 0.170. The zero-order valence-corrected chi connectivity index (χ0v) is 15.6. The molecular weight excluding hydrogens is 322 g/mol. The number of morpholine rings is 1. The molecule has 2 aliphatic heterocycles. The van der Waals surface area contributed by atoms with Crippen molar-refractivity contribution < 1.29 is 9.47 Å². The van der Waals surface area contributed by atoms with E-state index in [1.54, 1.807) is 0 Å². The van der Waals surface area contributed by atoms with Gasteiger partial charge in [0.2, 0.25) is 0 Å². The smallest absolute Gasteiger partial charge is 0.193 e. The van der Waals surface area contributed by atoms with Crippen molar-refractivity contribution in [1.82, 2.24) is 10.2 Å². The van der Waals surface area contributed by atoms with Crippen LogP contribution in [0.5, 0.6) is 0 Å². The predicted octanol–water partition coefficient (Wildman–Crippen LogP) is 2.38. The maximum absolute atomic E-state index is 5.93. The Bertz CT molecular complexity index is 514. The van der Waals surface area contributed by atoms with Crippen LogP contribution < -0.4 is 5.32 Å². The Balaban J connectivity index is 1.48. The largest absolute Gasteiger partial charge is 0.375 e. The summed E-state index contributed by atoms with van der Waals surface area (Å²) in [6, 6.07) is 4.34. The molecule has 0 amide bonds. The second-order valence-electron chi connectivity index (χ2n) is 6.72. The number of guanidine groups is 1. The molecule has 134 valence electrons. The van der Waals surface area contributed by atoms with Crippen molar-refractivity contribution in [3.05, 3.63) is 22.4 Å². The molecule has 3 heterocycles. The van der Waals surface area contributed by atoms with Gasteiger partial charge in [-0.1, -0.05) is 13.0 Å². The molecule has 2 saturated heterocycles. The Hall–Kier alpha value is -1.11. The quantitative estimate of drug-likeness (QED) is 0.654. The van der Waals surface area contributed by atoms with Crippen molar-refractivity contribution in [1.29, 1.82) is 0 Å². The van der Waals surface area contributed by atoms with E-state index >= 15 is 0 Å². The fourth-order valence-electron chi connectivity index (χ4n) is 3.43. The number of ether oxygens (including phenoxy) is 2. The molecule has 1 aromatic heterocycles. The average molecular weight is 352 g/mol. The predicted molar refractivity (Wildman–Crippen MR) is 98.8 cm³/mol. The van der Waals surface area contributed by atoms with Gasteiger partial charge in [-0.2, -0.15) is 0 Å². The lowest BCUT2D eigenvalue weighted by molar-refractivity contribution is -0.0817. The summed E-state index contributed by atoms with van der Waals surface area (Å²) in [5, 5.41) is 5.69. The van der Waals surface area contributed by atoms with Gasteiger partial charge in [0.05, 0.1) is 12.7 Å². The number of nitrogens with one attached hydrogen (secondary N) is 1. The maximum Gasteiger partial charge on any atom is 0.193 e. The van der Waals surface area contributed by atoms with E-state index in [0.717, 1.165) is 58.1 Å². The van der Waals surface area contributed by atoms with Crippen LogP contribution in [0.3, 0.4) is 0 Å². The number of hydrogen-bond acceptors (Lipinski definition) is 4. The van der Waals surface area contributed by atoms with Crippen molar-refractivity contribution in [3.63, 3.8) is 0 Å². The zero-order chi connectivity index (χ0) is 16.8. The van der Waals surface area contributed by atoms with Crippen LogP contribution in [-0.2, 0) is 15.9 Å². The molecule has 2 fully saturated rings. The normalized spacial score (nSPS) is 26.6. The van der Waals surface area contributed by atoms with Crippen molar-refractivity contribution >= 4 is 17.3 Å². The van der Waals surface area contributed by atoms with Gasteiger partial charge in [0.15, 0.2) is 5.96 Å². The first-order valence-electron chi connectivity index (χ1n) is 8.97. The highest BCUT2D eigenvalue weighted by Gasteiger charge is 2.32. The van der Waals surface area contributed by atoms with Gasteiger partial charge in [0.25, 0.3) is 0 Å². The molecule has 1 N–H and O–H groups in total. The topological polar surface area (TPSA) is 46.1 Å². The maximum atomic E-state index is 5.93. The van der Waals surface area contributed by atoms with Crippen molar-refractivity contribution in [2.75, 3.05) is 39.9 Å². The molecule has 0 bridgehead atoms. The molecule has 3 rings (SSSR count). The molecule has 0 aromatic carbocycles. The van der Waals surface area contributed by atoms with E-state index in [1.165, 1.54) is 4.88 Å². The summed E-state index contributed by atoms with van der Waals surface area (Å²) >= 11 is 1.83. The van der Waals surface area contributed by atoms with Crippen LogP contribution in [0.25, 0.3) is 0 Å². The molecule has 0 radical (unpaired) electrons. The molecule has 2 aliphatic rings. The Morgan fingerprint density at radius 1 is 1.42 bits per heavy atom. The molecule has 0 aliphatic carbocycles. The highest BCUT2D eigenvalue weighted by atomic mass is 32.1. The summed E-state index contributed by atoms with van der Waals surface area (Å²) in [4.78, 5) is 8.24. The molecule has 6 heteroatoms. The number of thiophene rings is 1. The fourth-order valence-corrected chi connectivity index (χ4v) is 4.30. The van der Waals surface area contributed by atoms with Gasteiger partial charge < -0.3 is 19.7 Å². The average Bonchev–Trinajstić information content (AvgIpc) is 3.29. The summed E-state index contributed by atoms with van der Waals surface area (Å²) in [5.41, 5.74) is 0. The number of aliphatic imine (C=N–C) groups is 1. The second kappa shape index (κ2) is 8.83. The molecular formula is C18H29N3O2S. The summed E-state index contributed by atoms with van der Waals surface area (Å²) in [6.45, 7) is 6.60. The van der Waals surface area contributed by atoms with Gasteiger partial charge in [-0.25, -0.2) is 0 Å². The molecule has 3 atom stereocenters. The van der Waals surface area contributed by atoms with Crippen LogP contribution in [0.15, 0.2) is 22.5 Å². The third-order valence-corrected chi connectivity index (χ3v) is 5.62. The summed E-state index contributed by atoms with van der Waals surface area (Å²) in [5.74, 6) is 1.56. The first kappa shape index (κ1) is 17.7. The number of nitrogens with zero attached hydrogens (tertiary/aromatic N) is 2. The van der Waals surface area contributed by atoms with Crippen LogP contribution >= 0.6 is 11.3 Å². The standard InChI is InChI=1S/C18H29N3O2S/c1-14(11-15-5-4-10-24-15)12-20-18(19-2)21-7-9-23-17(13-21)16-6-3-8-22-16/h4-5,10,14,16-17H,3,6-9,11-13H2,1-2H3,(H,19,20). The second-order valence-corrected chi connectivity index (χ2v) is 7.76. The third-order valence-electron chi connectivity index (χ3n) is 4.72. The molecule has 1 aromatic rings. The number of rotatable bonds is 5. The first-order valence-corrected chi connectivity index (χ1v) is 9.85. The third kappa shape index (κ3) is 4.71. The van der Waals surface area contributed by atoms with Gasteiger partial charge in [-0.05, 0) is 36.6 Å². The lowest BCUT2D eigenvalue weighted by Gasteiger charge is -2.37. The van der Waals surface area contributed by atoms with E-state index < -0.39 is 0 Å². The summed E-state index contributed by atoms with van der Waals surface area (Å²) in [6.07, 6.45) is 3.80. The van der Waals surface area contributed by atoms with E-state index in [0.29, 0.717) is 5.92 Å². The SMILES string of the molecule is CN=C(NCC(C)Cc1cccs1)N1CCOC(C2CCCO2)C1. The van der Waals surface area contributed by atoms with Crippen molar-refractivity contribution in [3.8, 4) is 0 Å². The zero-order valence-electron chi connectivity index (χ0n) is 14.7. The minimum absolute atomic E-state index is 0.170. The van der Waals surface area contributed by atoms with Crippen molar-refractivity contribution in [2.45, 2.75) is 38.4 Å². The van der Waals surface area contributed by atoms with Crippen LogP contribution in [0.4, 0.5) is 0 Å². The molecule has 0 spiro atoms. The highest BCUT2D eigenvalue weighted by molar-refractivity contribution is 7.09. The molecule has 24 heavy (non-hydrogen) atoms. The van der Waals surface area contributed by atoms with Gasteiger partial charge in [0.1, 0.15) is 6.10 Å². The van der Waals surface area contributed by atoms with Gasteiger partial charge in [-0.3, -0.25) is 4.99 Å². The summed E-state index contributed by atoms with van der Waals surface area (Å²) in [7, 11) is 1.86. The molecule has 3 unspecified atom stereocenters. The van der Waals surface area contributed by atoms with Crippen LogP contribution in [0.2, 0.25) is 0 Å². The first-order chi connectivity index (χ1) is 11.8. The van der Waals surface area contributed by atoms with Gasteiger partial charge >= 0.3 is 0 Å². The van der Waals surface area contributed by atoms with E-state index in [2.05, 4.69) is 39.6 Å². The van der Waals surface area contributed by atoms with Crippen molar-refractivity contribution in [2.24, 2.45) is 10.9 Å². The van der Waals surface area contributed by atoms with Crippen LogP contribution in [0, 0.1) is 5.92 Å². The lowest BCUT2D eigenvalue weighted by atomic mass is 10.1.